The summed E-state index contributed by atoms with van der Waals surface area (Å²) in [5.74, 6) is 0.351. The summed E-state index contributed by atoms with van der Waals surface area (Å²) in [6.07, 6.45) is 1.03. The Balaban J connectivity index is 2.31. The summed E-state index contributed by atoms with van der Waals surface area (Å²) >= 11 is 5.99. The first-order valence-corrected chi connectivity index (χ1v) is 7.56. The van der Waals surface area contributed by atoms with E-state index in [-0.39, 0.29) is 16.6 Å². The van der Waals surface area contributed by atoms with Crippen LogP contribution in [0.4, 0.5) is 0 Å². The van der Waals surface area contributed by atoms with Gasteiger partial charge in [0.25, 0.3) is 5.56 Å². The van der Waals surface area contributed by atoms with Crippen LogP contribution in [-0.4, -0.2) is 34.1 Å². The van der Waals surface area contributed by atoms with Gasteiger partial charge in [0, 0.05) is 13.1 Å². The molecule has 1 saturated heterocycles. The molecule has 0 aliphatic carbocycles. The van der Waals surface area contributed by atoms with Crippen molar-refractivity contribution >= 4 is 11.6 Å². The normalized spacial score (nSPS) is 19.9. The molecule has 5 nitrogen and oxygen atoms in total. The lowest BCUT2D eigenvalue weighted by molar-refractivity contribution is 0.329. The van der Waals surface area contributed by atoms with Gasteiger partial charge in [0.1, 0.15) is 5.15 Å². The van der Waals surface area contributed by atoms with E-state index < -0.39 is 5.69 Å². The topological polar surface area (TPSA) is 58.1 Å². The lowest BCUT2D eigenvalue weighted by Crippen LogP contribution is -2.40. The highest BCUT2D eigenvalue weighted by atomic mass is 35.5. The van der Waals surface area contributed by atoms with Crippen LogP contribution in [0.25, 0.3) is 0 Å². The van der Waals surface area contributed by atoms with Gasteiger partial charge in [-0.2, -0.15) is 0 Å². The van der Waals surface area contributed by atoms with Crippen molar-refractivity contribution in [2.24, 2.45) is 5.92 Å². The first-order valence-electron chi connectivity index (χ1n) is 7.18. The molecule has 2 heterocycles. The van der Waals surface area contributed by atoms with E-state index in [4.69, 9.17) is 11.6 Å². The Kier molecular flexibility index (Phi) is 4.70. The Hall–Kier alpha value is -1.07. The van der Waals surface area contributed by atoms with Crippen molar-refractivity contribution in [2.45, 2.75) is 39.7 Å². The molecule has 2 rings (SSSR count). The summed E-state index contributed by atoms with van der Waals surface area (Å²) in [4.78, 5) is 29.3. The smallest absolute Gasteiger partial charge is 0.303 e. The van der Waals surface area contributed by atoms with Gasteiger partial charge in [-0.3, -0.25) is 14.3 Å². The second-order valence-corrected chi connectivity index (χ2v) is 6.15. The number of H-pyrrole nitrogens is 1. The zero-order chi connectivity index (χ0) is 14.9. The maximum Gasteiger partial charge on any atom is 0.329 e. The Bertz CT molecular complexity index is 591. The van der Waals surface area contributed by atoms with E-state index in [2.05, 4.69) is 16.8 Å². The van der Waals surface area contributed by atoms with Crippen LogP contribution < -0.4 is 11.2 Å². The SMILES string of the molecule is CCN1CCC(Cn2c(=O)[nH]c(Cl)c(C(C)C)c2=O)C1. The van der Waals surface area contributed by atoms with Crippen LogP contribution in [-0.2, 0) is 6.54 Å². The number of nitrogens with zero attached hydrogens (tertiary/aromatic N) is 2. The van der Waals surface area contributed by atoms with Crippen LogP contribution in [0.1, 0.15) is 38.7 Å². The van der Waals surface area contributed by atoms with Crippen molar-refractivity contribution in [2.75, 3.05) is 19.6 Å². The van der Waals surface area contributed by atoms with Gasteiger partial charge in [0.2, 0.25) is 0 Å². The number of halogens is 1. The van der Waals surface area contributed by atoms with Crippen LogP contribution >= 0.6 is 11.6 Å². The van der Waals surface area contributed by atoms with Gasteiger partial charge in [0.05, 0.1) is 5.56 Å². The molecule has 0 spiro atoms. The van der Waals surface area contributed by atoms with Gasteiger partial charge in [-0.1, -0.05) is 32.4 Å². The second-order valence-electron chi connectivity index (χ2n) is 5.78. The maximum absolute atomic E-state index is 12.4. The Morgan fingerprint density at radius 3 is 2.65 bits per heavy atom. The van der Waals surface area contributed by atoms with Gasteiger partial charge in [0.15, 0.2) is 0 Å². The van der Waals surface area contributed by atoms with Gasteiger partial charge >= 0.3 is 5.69 Å². The van der Waals surface area contributed by atoms with E-state index in [0.29, 0.717) is 18.0 Å². The highest BCUT2D eigenvalue weighted by molar-refractivity contribution is 6.30. The van der Waals surface area contributed by atoms with Crippen molar-refractivity contribution in [1.29, 1.82) is 0 Å². The highest BCUT2D eigenvalue weighted by Crippen LogP contribution is 2.19. The molecule has 1 aliphatic heterocycles. The number of likely N-dealkylation sites (tertiary alicyclic amines) is 1. The molecule has 0 saturated carbocycles. The zero-order valence-corrected chi connectivity index (χ0v) is 13.0. The van der Waals surface area contributed by atoms with E-state index in [1.165, 1.54) is 4.57 Å². The molecule has 1 atom stereocenters. The van der Waals surface area contributed by atoms with Gasteiger partial charge < -0.3 is 4.90 Å². The lowest BCUT2D eigenvalue weighted by Gasteiger charge is -2.15. The van der Waals surface area contributed by atoms with E-state index in [1.807, 2.05) is 13.8 Å². The molecule has 0 amide bonds. The number of rotatable bonds is 4. The molecule has 6 heteroatoms. The standard InChI is InChI=1S/C14H22ClN3O2/c1-4-17-6-5-10(7-17)8-18-13(19)11(9(2)3)12(15)16-14(18)20/h9-10H,4-8H2,1-3H3,(H,16,20). The van der Waals surface area contributed by atoms with E-state index in [0.717, 1.165) is 26.1 Å². The second kappa shape index (κ2) is 6.14. The molecule has 112 valence electrons. The molecule has 1 aromatic heterocycles. The minimum Gasteiger partial charge on any atom is -0.303 e. The van der Waals surface area contributed by atoms with Crippen molar-refractivity contribution < 1.29 is 0 Å². The lowest BCUT2D eigenvalue weighted by atomic mass is 10.1. The summed E-state index contributed by atoms with van der Waals surface area (Å²) in [5.41, 5.74) is -0.153. The first kappa shape index (κ1) is 15.3. The predicted octanol–water partition coefficient (Wildman–Crippen LogP) is 1.66. The van der Waals surface area contributed by atoms with Crippen molar-refractivity contribution in [1.82, 2.24) is 14.5 Å². The molecule has 1 aliphatic rings. The average molecular weight is 300 g/mol. The van der Waals surface area contributed by atoms with Gasteiger partial charge in [-0.25, -0.2) is 4.79 Å². The summed E-state index contributed by atoms with van der Waals surface area (Å²) in [7, 11) is 0. The molecule has 1 unspecified atom stereocenters. The summed E-state index contributed by atoms with van der Waals surface area (Å²) < 4.78 is 1.31. The highest BCUT2D eigenvalue weighted by Gasteiger charge is 2.24. The molecule has 1 N–H and O–H groups in total. The van der Waals surface area contributed by atoms with Crippen LogP contribution in [0, 0.1) is 5.92 Å². The van der Waals surface area contributed by atoms with Crippen molar-refractivity contribution in [3.05, 3.63) is 31.6 Å². The fraction of sp³-hybridized carbons (Fsp3) is 0.714. The third kappa shape index (κ3) is 2.99. The minimum atomic E-state index is -0.403. The number of hydrogen-bond acceptors (Lipinski definition) is 3. The summed E-state index contributed by atoms with van der Waals surface area (Å²) in [6, 6.07) is 0. The molecule has 0 bridgehead atoms. The molecular formula is C14H22ClN3O2. The van der Waals surface area contributed by atoms with E-state index >= 15 is 0 Å². The number of aromatic amines is 1. The van der Waals surface area contributed by atoms with E-state index in [9.17, 15) is 9.59 Å². The number of hydrogen-bond donors (Lipinski definition) is 1. The maximum atomic E-state index is 12.4. The third-order valence-electron chi connectivity index (χ3n) is 4.01. The van der Waals surface area contributed by atoms with Gasteiger partial charge in [-0.15, -0.1) is 0 Å². The average Bonchev–Trinajstić information content (AvgIpc) is 2.81. The molecule has 0 aromatic carbocycles. The minimum absolute atomic E-state index is 0.00572. The van der Waals surface area contributed by atoms with Crippen molar-refractivity contribution in [3.63, 3.8) is 0 Å². The van der Waals surface area contributed by atoms with Crippen LogP contribution in [0.3, 0.4) is 0 Å². The number of nitrogens with one attached hydrogen (secondary N) is 1. The van der Waals surface area contributed by atoms with Gasteiger partial charge in [-0.05, 0) is 31.3 Å². The molecule has 0 radical (unpaired) electrons. The third-order valence-corrected chi connectivity index (χ3v) is 4.31. The fourth-order valence-corrected chi connectivity index (χ4v) is 3.21. The molecule has 1 aromatic rings. The Morgan fingerprint density at radius 1 is 1.40 bits per heavy atom. The Morgan fingerprint density at radius 2 is 2.10 bits per heavy atom. The molecular weight excluding hydrogens is 278 g/mol. The van der Waals surface area contributed by atoms with Crippen LogP contribution in [0.5, 0.6) is 0 Å². The molecule has 20 heavy (non-hydrogen) atoms. The van der Waals surface area contributed by atoms with Crippen molar-refractivity contribution in [3.8, 4) is 0 Å². The predicted molar refractivity (Wildman–Crippen MR) is 80.6 cm³/mol. The number of aromatic nitrogens is 2. The van der Waals surface area contributed by atoms with Crippen LogP contribution in [0.2, 0.25) is 5.15 Å². The monoisotopic (exact) mass is 299 g/mol. The quantitative estimate of drug-likeness (QED) is 0.860. The van der Waals surface area contributed by atoms with Crippen LogP contribution in [0.15, 0.2) is 9.59 Å². The largest absolute Gasteiger partial charge is 0.329 e. The first-order chi connectivity index (χ1) is 9.43. The fourth-order valence-electron chi connectivity index (χ4n) is 2.83. The summed E-state index contributed by atoms with van der Waals surface area (Å²) in [5, 5.41) is 0.174. The Labute approximate surface area is 123 Å². The van der Waals surface area contributed by atoms with E-state index in [1.54, 1.807) is 0 Å². The summed E-state index contributed by atoms with van der Waals surface area (Å²) in [6.45, 7) is 9.40. The zero-order valence-electron chi connectivity index (χ0n) is 12.3. The molecule has 1 fully saturated rings.